The van der Waals surface area contributed by atoms with Crippen molar-refractivity contribution >= 4 is 0 Å². The van der Waals surface area contributed by atoms with Crippen molar-refractivity contribution in [3.8, 4) is 0 Å². The Kier molecular flexibility index (Phi) is 5.61. The van der Waals surface area contributed by atoms with Crippen LogP contribution in [0.15, 0.2) is 37.0 Å². The molecule has 0 amide bonds. The van der Waals surface area contributed by atoms with Crippen LogP contribution in [0.3, 0.4) is 0 Å². The first kappa shape index (κ1) is 7.22. The summed E-state index contributed by atoms with van der Waals surface area (Å²) in [5.74, 6) is 0. The number of hydrogen-bond donors (Lipinski definition) is 0. The standard InChI is InChI=1S/C8H12/c1-3-5-7-8-6-4-2/h3-7H,1,8H2,2H3/b6-4?,7-5-. The Bertz CT molecular complexity index is 96.6. The van der Waals surface area contributed by atoms with E-state index in [1.807, 2.05) is 19.1 Å². The smallest absolute Gasteiger partial charge is 0.0166 e. The molecule has 0 aliphatic rings. The Balaban J connectivity index is 3.15. The van der Waals surface area contributed by atoms with Crippen LogP contribution >= 0.6 is 0 Å². The van der Waals surface area contributed by atoms with Gasteiger partial charge in [-0.2, -0.15) is 0 Å². The van der Waals surface area contributed by atoms with Crippen LogP contribution < -0.4 is 0 Å². The van der Waals surface area contributed by atoms with Crippen LogP contribution in [-0.4, -0.2) is 0 Å². The summed E-state index contributed by atoms with van der Waals surface area (Å²) >= 11 is 0. The minimum atomic E-state index is 1.02. The zero-order chi connectivity index (χ0) is 6.24. The molecule has 0 N–H and O–H groups in total. The first-order valence-electron chi connectivity index (χ1n) is 2.80. The minimum absolute atomic E-state index is 1.02. The van der Waals surface area contributed by atoms with Gasteiger partial charge in [0.1, 0.15) is 0 Å². The van der Waals surface area contributed by atoms with Crippen molar-refractivity contribution in [2.45, 2.75) is 13.3 Å². The second-order valence-corrected chi connectivity index (χ2v) is 1.47. The molecule has 44 valence electrons. The van der Waals surface area contributed by atoms with E-state index in [1.165, 1.54) is 0 Å². The van der Waals surface area contributed by atoms with E-state index >= 15 is 0 Å². The first-order valence-corrected chi connectivity index (χ1v) is 2.80. The highest BCUT2D eigenvalue weighted by molar-refractivity contribution is 5.00. The highest BCUT2D eigenvalue weighted by Crippen LogP contribution is 1.84. The quantitative estimate of drug-likeness (QED) is 0.385. The summed E-state index contributed by atoms with van der Waals surface area (Å²) in [7, 11) is 0. The predicted octanol–water partition coefficient (Wildman–Crippen LogP) is 2.69. The molecule has 0 unspecified atom stereocenters. The molecule has 0 spiro atoms. The lowest BCUT2D eigenvalue weighted by molar-refractivity contribution is 1.38. The van der Waals surface area contributed by atoms with E-state index in [1.54, 1.807) is 6.08 Å². The third-order valence-corrected chi connectivity index (χ3v) is 0.780. The van der Waals surface area contributed by atoms with Gasteiger partial charge in [-0.25, -0.2) is 0 Å². The van der Waals surface area contributed by atoms with Crippen LogP contribution in [0.1, 0.15) is 13.3 Å². The van der Waals surface area contributed by atoms with Gasteiger partial charge in [0.15, 0.2) is 0 Å². The predicted molar refractivity (Wildman–Crippen MR) is 38.8 cm³/mol. The fourth-order valence-electron chi connectivity index (χ4n) is 0.389. The topological polar surface area (TPSA) is 0 Å². The van der Waals surface area contributed by atoms with Gasteiger partial charge in [-0.15, -0.1) is 0 Å². The third-order valence-electron chi connectivity index (χ3n) is 0.780. The van der Waals surface area contributed by atoms with Crippen molar-refractivity contribution < 1.29 is 0 Å². The summed E-state index contributed by atoms with van der Waals surface area (Å²) in [5, 5.41) is 0. The van der Waals surface area contributed by atoms with Crippen molar-refractivity contribution in [1.29, 1.82) is 0 Å². The second kappa shape index (κ2) is 6.22. The number of rotatable bonds is 3. The van der Waals surface area contributed by atoms with Crippen LogP contribution in [0.2, 0.25) is 0 Å². The molecule has 0 atom stereocenters. The molecule has 0 aromatic carbocycles. The summed E-state index contributed by atoms with van der Waals surface area (Å²) in [4.78, 5) is 0. The molecule has 0 fully saturated rings. The van der Waals surface area contributed by atoms with Gasteiger partial charge < -0.3 is 0 Å². The molecule has 0 nitrogen and oxygen atoms in total. The van der Waals surface area contributed by atoms with Crippen molar-refractivity contribution in [2.75, 3.05) is 0 Å². The van der Waals surface area contributed by atoms with E-state index in [-0.39, 0.29) is 0 Å². The molecule has 0 bridgehead atoms. The molecular formula is C8H12. The van der Waals surface area contributed by atoms with E-state index in [4.69, 9.17) is 0 Å². The van der Waals surface area contributed by atoms with Gasteiger partial charge in [0.05, 0.1) is 0 Å². The molecule has 0 saturated carbocycles. The average molecular weight is 108 g/mol. The molecular weight excluding hydrogens is 96.1 g/mol. The average Bonchev–Trinajstić information content (AvgIpc) is 1.81. The minimum Gasteiger partial charge on any atom is -0.0991 e. The van der Waals surface area contributed by atoms with E-state index < -0.39 is 0 Å². The molecule has 0 rings (SSSR count). The summed E-state index contributed by atoms with van der Waals surface area (Å²) in [6.07, 6.45) is 10.9. The van der Waals surface area contributed by atoms with Gasteiger partial charge in [-0.1, -0.05) is 37.0 Å². The van der Waals surface area contributed by atoms with Crippen molar-refractivity contribution in [2.24, 2.45) is 0 Å². The maximum absolute atomic E-state index is 3.55. The van der Waals surface area contributed by atoms with Gasteiger partial charge in [-0.3, -0.25) is 0 Å². The zero-order valence-corrected chi connectivity index (χ0v) is 5.30. The third kappa shape index (κ3) is 5.22. The van der Waals surface area contributed by atoms with Gasteiger partial charge in [0.2, 0.25) is 0 Å². The van der Waals surface area contributed by atoms with Crippen LogP contribution in [0.4, 0.5) is 0 Å². The van der Waals surface area contributed by atoms with Gasteiger partial charge in [0, 0.05) is 0 Å². The maximum Gasteiger partial charge on any atom is -0.0166 e. The van der Waals surface area contributed by atoms with Crippen LogP contribution in [0.25, 0.3) is 0 Å². The summed E-state index contributed by atoms with van der Waals surface area (Å²) in [5.41, 5.74) is 0. The van der Waals surface area contributed by atoms with Gasteiger partial charge in [0.25, 0.3) is 0 Å². The molecule has 8 heavy (non-hydrogen) atoms. The Morgan fingerprint density at radius 3 is 2.62 bits per heavy atom. The second-order valence-electron chi connectivity index (χ2n) is 1.47. The van der Waals surface area contributed by atoms with Gasteiger partial charge >= 0.3 is 0 Å². The van der Waals surface area contributed by atoms with Crippen LogP contribution in [0, 0.1) is 0 Å². The number of allylic oxidation sites excluding steroid dienone is 5. The molecule has 0 saturated heterocycles. The monoisotopic (exact) mass is 108 g/mol. The lowest BCUT2D eigenvalue weighted by Crippen LogP contribution is -1.53. The Hall–Kier alpha value is -0.780. The molecule has 0 aliphatic carbocycles. The molecule has 0 heteroatoms. The lowest BCUT2D eigenvalue weighted by atomic mass is 10.3. The lowest BCUT2D eigenvalue weighted by Gasteiger charge is -1.74. The molecule has 0 radical (unpaired) electrons. The van der Waals surface area contributed by atoms with Crippen molar-refractivity contribution in [3.05, 3.63) is 37.0 Å². The molecule has 0 aliphatic heterocycles. The highest BCUT2D eigenvalue weighted by Gasteiger charge is 1.62. The summed E-state index contributed by atoms with van der Waals surface area (Å²) in [6.45, 7) is 5.56. The number of hydrogen-bond acceptors (Lipinski definition) is 0. The summed E-state index contributed by atoms with van der Waals surface area (Å²) in [6, 6.07) is 0. The van der Waals surface area contributed by atoms with Crippen LogP contribution in [0.5, 0.6) is 0 Å². The molecule has 0 heterocycles. The van der Waals surface area contributed by atoms with E-state index in [0.717, 1.165) is 6.42 Å². The van der Waals surface area contributed by atoms with Gasteiger partial charge in [-0.05, 0) is 13.3 Å². The maximum atomic E-state index is 3.55. The fraction of sp³-hybridized carbons (Fsp3) is 0.250. The Morgan fingerprint density at radius 1 is 1.38 bits per heavy atom. The van der Waals surface area contributed by atoms with Crippen molar-refractivity contribution in [3.63, 3.8) is 0 Å². The Morgan fingerprint density at radius 2 is 2.12 bits per heavy atom. The molecule has 0 aromatic rings. The van der Waals surface area contributed by atoms with E-state index in [9.17, 15) is 0 Å². The first-order chi connectivity index (χ1) is 3.91. The van der Waals surface area contributed by atoms with Crippen LogP contribution in [-0.2, 0) is 0 Å². The normalized spacial score (nSPS) is 11.1. The zero-order valence-electron chi connectivity index (χ0n) is 5.30. The van der Waals surface area contributed by atoms with E-state index in [0.29, 0.717) is 0 Å². The Labute approximate surface area is 51.2 Å². The highest BCUT2D eigenvalue weighted by atomic mass is 13.7. The SMILES string of the molecule is C=C/C=C\CC=CC. The molecule has 0 aromatic heterocycles. The van der Waals surface area contributed by atoms with Crippen molar-refractivity contribution in [1.82, 2.24) is 0 Å². The van der Waals surface area contributed by atoms with E-state index in [2.05, 4.69) is 18.7 Å². The summed E-state index contributed by atoms with van der Waals surface area (Å²) < 4.78 is 0. The largest absolute Gasteiger partial charge is 0.0991 e. The fourth-order valence-corrected chi connectivity index (χ4v) is 0.389.